The van der Waals surface area contributed by atoms with E-state index >= 15 is 0 Å². The lowest BCUT2D eigenvalue weighted by Crippen LogP contribution is -2.32. The summed E-state index contributed by atoms with van der Waals surface area (Å²) < 4.78 is 13.2. The van der Waals surface area contributed by atoms with E-state index in [0.29, 0.717) is 18.2 Å². The van der Waals surface area contributed by atoms with Crippen molar-refractivity contribution in [2.75, 3.05) is 13.6 Å². The number of carbonyl (C=O) groups is 1. The number of rotatable bonds is 7. The molecule has 1 saturated heterocycles. The van der Waals surface area contributed by atoms with Gasteiger partial charge in [0.25, 0.3) is 5.91 Å². The molecule has 2 atom stereocenters. The van der Waals surface area contributed by atoms with Crippen LogP contribution in [0.15, 0.2) is 79.1 Å². The van der Waals surface area contributed by atoms with Crippen molar-refractivity contribution >= 4 is 16.8 Å². The predicted octanol–water partition coefficient (Wildman–Crippen LogP) is 4.90. The molecule has 1 aliphatic heterocycles. The van der Waals surface area contributed by atoms with Gasteiger partial charge >= 0.3 is 0 Å². The highest BCUT2D eigenvalue weighted by Crippen LogP contribution is 2.26. The lowest BCUT2D eigenvalue weighted by atomic mass is 9.99. The van der Waals surface area contributed by atoms with E-state index in [1.807, 2.05) is 61.6 Å². The zero-order chi connectivity index (χ0) is 24.2. The van der Waals surface area contributed by atoms with E-state index in [2.05, 4.69) is 15.8 Å². The molecule has 4 aromatic rings. The molecular weight excluding hydrogens is 441 g/mol. The zero-order valence-corrected chi connectivity index (χ0v) is 19.6. The molecule has 6 nitrogen and oxygen atoms in total. The fourth-order valence-electron chi connectivity index (χ4n) is 4.63. The maximum absolute atomic E-state index is 13.5. The molecule has 0 bridgehead atoms. The van der Waals surface area contributed by atoms with Crippen LogP contribution in [-0.4, -0.2) is 40.4 Å². The normalized spacial score (nSPS) is 17.5. The lowest BCUT2D eigenvalue weighted by Gasteiger charge is -2.20. The first kappa shape index (κ1) is 23.1. The van der Waals surface area contributed by atoms with Crippen LogP contribution in [-0.2, 0) is 0 Å². The Balaban J connectivity index is 1.24. The second kappa shape index (κ2) is 10.3. The molecule has 0 aliphatic carbocycles. The van der Waals surface area contributed by atoms with Crippen LogP contribution in [0.2, 0.25) is 0 Å². The van der Waals surface area contributed by atoms with Crippen molar-refractivity contribution in [2.45, 2.75) is 31.3 Å². The van der Waals surface area contributed by atoms with Crippen LogP contribution in [0.1, 0.15) is 41.2 Å². The largest absolute Gasteiger partial charge is 0.342 e. The number of hydrogen-bond donors (Lipinski definition) is 2. The van der Waals surface area contributed by atoms with Gasteiger partial charge in [0.2, 0.25) is 0 Å². The maximum Gasteiger partial charge on any atom is 0.254 e. The molecule has 2 N–H and O–H groups in total. The fourth-order valence-corrected chi connectivity index (χ4v) is 4.63. The second-order valence-electron chi connectivity index (χ2n) is 9.00. The summed E-state index contributed by atoms with van der Waals surface area (Å²) >= 11 is 0. The summed E-state index contributed by atoms with van der Waals surface area (Å²) in [5, 5.41) is 0.853. The second-order valence-corrected chi connectivity index (χ2v) is 9.00. The van der Waals surface area contributed by atoms with Gasteiger partial charge in [-0.3, -0.25) is 20.6 Å². The van der Waals surface area contributed by atoms with Crippen LogP contribution in [0.5, 0.6) is 0 Å². The number of pyridine rings is 2. The number of halogens is 1. The Bertz CT molecular complexity index is 1310. The minimum absolute atomic E-state index is 0.0133. The van der Waals surface area contributed by atoms with E-state index in [-0.39, 0.29) is 17.8 Å². The molecular formula is C28H28FN5O. The molecule has 2 aromatic carbocycles. The van der Waals surface area contributed by atoms with Gasteiger partial charge in [0.05, 0.1) is 16.8 Å². The Morgan fingerprint density at radius 1 is 1.06 bits per heavy atom. The molecule has 35 heavy (non-hydrogen) atoms. The van der Waals surface area contributed by atoms with E-state index in [1.165, 1.54) is 12.1 Å². The Hall–Kier alpha value is -3.68. The molecule has 0 saturated carbocycles. The Kier molecular flexibility index (Phi) is 6.79. The van der Waals surface area contributed by atoms with Gasteiger partial charge in [-0.05, 0) is 61.2 Å². The molecule has 1 amide bonds. The average molecular weight is 470 g/mol. The third-order valence-corrected chi connectivity index (χ3v) is 6.57. The quantitative estimate of drug-likeness (QED) is 0.403. The number of nitrogens with zero attached hydrogens (tertiary/aromatic N) is 3. The third kappa shape index (κ3) is 5.21. The molecule has 2 unspecified atom stereocenters. The van der Waals surface area contributed by atoms with Gasteiger partial charge in [0.15, 0.2) is 0 Å². The van der Waals surface area contributed by atoms with Crippen LogP contribution < -0.4 is 10.9 Å². The number of hydrogen-bond acceptors (Lipinski definition) is 5. The van der Waals surface area contributed by atoms with Crippen molar-refractivity contribution in [1.82, 2.24) is 25.7 Å². The smallest absolute Gasteiger partial charge is 0.254 e. The van der Waals surface area contributed by atoms with Gasteiger partial charge in [-0.2, -0.15) is 0 Å². The summed E-state index contributed by atoms with van der Waals surface area (Å²) in [6.07, 6.45) is 6.19. The number of aromatic nitrogens is 2. The van der Waals surface area contributed by atoms with Crippen molar-refractivity contribution < 1.29 is 9.18 Å². The molecule has 0 spiro atoms. The highest BCUT2D eigenvalue weighted by atomic mass is 19.1. The van der Waals surface area contributed by atoms with Crippen LogP contribution >= 0.6 is 0 Å². The first-order chi connectivity index (χ1) is 17.1. The summed E-state index contributed by atoms with van der Waals surface area (Å²) in [6, 6.07) is 20.5. The monoisotopic (exact) mass is 469 g/mol. The van der Waals surface area contributed by atoms with Crippen molar-refractivity contribution in [3.63, 3.8) is 0 Å². The van der Waals surface area contributed by atoms with E-state index in [0.717, 1.165) is 47.0 Å². The molecule has 1 fully saturated rings. The van der Waals surface area contributed by atoms with Crippen molar-refractivity contribution in [3.8, 4) is 11.3 Å². The summed E-state index contributed by atoms with van der Waals surface area (Å²) in [4.78, 5) is 24.1. The SMILES string of the molecule is CN(CCCC1CC(c2ccc(F)cc2)NN1)C(=O)c1cc(-c2ccncc2)nc2ccccc12. The number of fused-ring (bicyclic) bond motifs is 1. The van der Waals surface area contributed by atoms with Gasteiger partial charge in [-0.15, -0.1) is 0 Å². The number of carbonyl (C=O) groups excluding carboxylic acids is 1. The maximum atomic E-state index is 13.5. The van der Waals surface area contributed by atoms with E-state index in [9.17, 15) is 9.18 Å². The summed E-state index contributed by atoms with van der Waals surface area (Å²) in [7, 11) is 1.85. The first-order valence-electron chi connectivity index (χ1n) is 11.9. The van der Waals surface area contributed by atoms with Crippen LogP contribution in [0.25, 0.3) is 22.2 Å². The summed E-state index contributed by atoms with van der Waals surface area (Å²) in [5.74, 6) is -0.237. The fraction of sp³-hybridized carbons (Fsp3) is 0.250. The number of hydrazine groups is 1. The zero-order valence-electron chi connectivity index (χ0n) is 19.6. The molecule has 0 radical (unpaired) electrons. The average Bonchev–Trinajstić information content (AvgIpc) is 3.37. The number of para-hydroxylation sites is 1. The topological polar surface area (TPSA) is 70.2 Å². The molecule has 1 aliphatic rings. The summed E-state index contributed by atoms with van der Waals surface area (Å²) in [6.45, 7) is 0.652. The number of amides is 1. The molecule has 178 valence electrons. The van der Waals surface area contributed by atoms with Gasteiger partial charge in [0, 0.05) is 49.0 Å². The molecule has 3 heterocycles. The van der Waals surface area contributed by atoms with E-state index in [1.54, 1.807) is 17.3 Å². The first-order valence-corrected chi connectivity index (χ1v) is 11.9. The third-order valence-electron chi connectivity index (χ3n) is 6.57. The number of benzene rings is 2. The molecule has 5 rings (SSSR count). The van der Waals surface area contributed by atoms with Gasteiger partial charge in [0.1, 0.15) is 5.82 Å². The lowest BCUT2D eigenvalue weighted by molar-refractivity contribution is 0.0793. The van der Waals surface area contributed by atoms with Crippen LogP contribution in [0.4, 0.5) is 4.39 Å². The minimum Gasteiger partial charge on any atom is -0.342 e. The van der Waals surface area contributed by atoms with Crippen LogP contribution in [0.3, 0.4) is 0 Å². The van der Waals surface area contributed by atoms with E-state index < -0.39 is 0 Å². The van der Waals surface area contributed by atoms with Gasteiger partial charge in [-0.1, -0.05) is 30.3 Å². The van der Waals surface area contributed by atoms with E-state index in [4.69, 9.17) is 4.98 Å². The molecule has 2 aromatic heterocycles. The minimum atomic E-state index is -0.223. The van der Waals surface area contributed by atoms with Crippen molar-refractivity contribution in [1.29, 1.82) is 0 Å². The van der Waals surface area contributed by atoms with Crippen molar-refractivity contribution in [2.24, 2.45) is 0 Å². The predicted molar refractivity (Wildman–Crippen MR) is 135 cm³/mol. The van der Waals surface area contributed by atoms with Gasteiger partial charge in [-0.25, -0.2) is 9.37 Å². The Labute approximate surface area is 204 Å². The van der Waals surface area contributed by atoms with Crippen molar-refractivity contribution in [3.05, 3.63) is 96.1 Å². The highest BCUT2D eigenvalue weighted by molar-refractivity contribution is 6.07. The summed E-state index contributed by atoms with van der Waals surface area (Å²) in [5.41, 5.74) is 10.9. The highest BCUT2D eigenvalue weighted by Gasteiger charge is 2.25. The molecule has 7 heteroatoms. The Morgan fingerprint density at radius 2 is 1.83 bits per heavy atom. The van der Waals surface area contributed by atoms with Crippen LogP contribution in [0, 0.1) is 5.82 Å². The number of nitrogens with one attached hydrogen (secondary N) is 2. The standard InChI is InChI=1S/C28H28FN5O/c1-34(16-4-5-22-17-27(33-32-22)19-8-10-21(29)11-9-19)28(35)24-18-26(20-12-14-30-15-13-20)31-25-7-3-2-6-23(24)25/h2-3,6-15,18,22,27,32-33H,4-5,16-17H2,1H3. The van der Waals surface area contributed by atoms with Gasteiger partial charge < -0.3 is 4.90 Å². The Morgan fingerprint density at radius 3 is 2.63 bits per heavy atom.